The number of benzene rings is 2. The second-order valence-electron chi connectivity index (χ2n) is 4.59. The van der Waals surface area contributed by atoms with E-state index < -0.39 is 4.92 Å². The molecule has 0 saturated heterocycles. The number of nitro benzene ring substituents is 1. The molecule has 0 aliphatic rings. The van der Waals surface area contributed by atoms with Crippen molar-refractivity contribution in [1.29, 1.82) is 5.26 Å². The first kappa shape index (κ1) is 16.0. The molecule has 0 unspecified atom stereocenters. The van der Waals surface area contributed by atoms with E-state index in [2.05, 4.69) is 6.07 Å². The number of methoxy groups -OCH3 is 2. The molecule has 116 valence electrons. The maximum Gasteiger partial charge on any atom is 0.269 e. The summed E-state index contributed by atoms with van der Waals surface area (Å²) in [7, 11) is 3.06. The minimum absolute atomic E-state index is 0.00627. The zero-order valence-electron chi connectivity index (χ0n) is 12.6. The molecule has 2 aromatic rings. The highest BCUT2D eigenvalue weighted by molar-refractivity contribution is 5.90. The summed E-state index contributed by atoms with van der Waals surface area (Å²) in [6.07, 6.45) is 1.66. The van der Waals surface area contributed by atoms with E-state index in [1.807, 2.05) is 0 Å². The third kappa shape index (κ3) is 3.66. The highest BCUT2D eigenvalue weighted by Gasteiger charge is 2.09. The van der Waals surface area contributed by atoms with Crippen molar-refractivity contribution in [3.05, 3.63) is 63.7 Å². The van der Waals surface area contributed by atoms with Crippen molar-refractivity contribution in [2.75, 3.05) is 14.2 Å². The fourth-order valence-corrected chi connectivity index (χ4v) is 2.04. The number of hydrogen-bond donors (Lipinski definition) is 0. The van der Waals surface area contributed by atoms with Gasteiger partial charge in [0.25, 0.3) is 5.69 Å². The van der Waals surface area contributed by atoms with Crippen molar-refractivity contribution in [2.24, 2.45) is 0 Å². The Balaban J connectivity index is 2.39. The molecule has 2 aromatic carbocycles. The third-order valence-corrected chi connectivity index (χ3v) is 3.23. The van der Waals surface area contributed by atoms with Crippen LogP contribution in [0.4, 0.5) is 5.69 Å². The van der Waals surface area contributed by atoms with Gasteiger partial charge in [0.05, 0.1) is 30.8 Å². The average molecular weight is 310 g/mol. The van der Waals surface area contributed by atoms with Crippen LogP contribution in [0, 0.1) is 21.4 Å². The van der Waals surface area contributed by atoms with Crippen LogP contribution < -0.4 is 9.47 Å². The van der Waals surface area contributed by atoms with Gasteiger partial charge in [-0.1, -0.05) is 0 Å². The Hall–Kier alpha value is -3.33. The number of nitrogens with zero attached hydrogens (tertiary/aromatic N) is 2. The zero-order chi connectivity index (χ0) is 16.8. The second-order valence-corrected chi connectivity index (χ2v) is 4.59. The molecule has 2 rings (SSSR count). The lowest BCUT2D eigenvalue weighted by Gasteiger charge is -2.09. The van der Waals surface area contributed by atoms with Gasteiger partial charge < -0.3 is 9.47 Å². The Morgan fingerprint density at radius 3 is 2.30 bits per heavy atom. The number of ether oxygens (including phenoxy) is 2. The molecule has 0 heterocycles. The lowest BCUT2D eigenvalue weighted by atomic mass is 10.0. The lowest BCUT2D eigenvalue weighted by molar-refractivity contribution is -0.384. The van der Waals surface area contributed by atoms with Crippen LogP contribution in [-0.2, 0) is 0 Å². The quantitative estimate of drug-likeness (QED) is 0.364. The third-order valence-electron chi connectivity index (χ3n) is 3.23. The average Bonchev–Trinajstić information content (AvgIpc) is 2.59. The molecule has 0 aromatic heterocycles. The Morgan fingerprint density at radius 1 is 1.13 bits per heavy atom. The molecule has 0 saturated carbocycles. The minimum atomic E-state index is -0.465. The van der Waals surface area contributed by atoms with Crippen molar-refractivity contribution in [3.63, 3.8) is 0 Å². The number of hydrogen-bond acceptors (Lipinski definition) is 5. The van der Waals surface area contributed by atoms with Crippen molar-refractivity contribution in [2.45, 2.75) is 0 Å². The van der Waals surface area contributed by atoms with E-state index in [0.717, 1.165) is 0 Å². The van der Waals surface area contributed by atoms with Crippen LogP contribution in [0.25, 0.3) is 11.6 Å². The summed E-state index contributed by atoms with van der Waals surface area (Å²) < 4.78 is 10.4. The molecule has 0 spiro atoms. The SMILES string of the molecule is COc1ccc(C(C#N)=Cc2ccc([N+](=O)[O-])cc2)cc1OC. The predicted octanol–water partition coefficient (Wildman–Crippen LogP) is 3.68. The summed E-state index contributed by atoms with van der Waals surface area (Å²) in [5, 5.41) is 20.0. The maximum absolute atomic E-state index is 10.7. The normalized spacial score (nSPS) is 10.7. The Labute approximate surface area is 133 Å². The maximum atomic E-state index is 10.7. The van der Waals surface area contributed by atoms with Crippen LogP contribution in [0.2, 0.25) is 0 Å². The lowest BCUT2D eigenvalue weighted by Crippen LogP contribution is -1.92. The molecule has 0 radical (unpaired) electrons. The Bertz CT molecular complexity index is 789. The largest absolute Gasteiger partial charge is 0.493 e. The van der Waals surface area contributed by atoms with E-state index >= 15 is 0 Å². The summed E-state index contributed by atoms with van der Waals surface area (Å²) in [5.74, 6) is 1.10. The van der Waals surface area contributed by atoms with Crippen LogP contribution in [-0.4, -0.2) is 19.1 Å². The van der Waals surface area contributed by atoms with Crippen molar-refractivity contribution < 1.29 is 14.4 Å². The fraction of sp³-hybridized carbons (Fsp3) is 0.118. The zero-order valence-corrected chi connectivity index (χ0v) is 12.6. The van der Waals surface area contributed by atoms with E-state index in [4.69, 9.17) is 9.47 Å². The highest BCUT2D eigenvalue weighted by Crippen LogP contribution is 2.31. The molecular weight excluding hydrogens is 296 g/mol. The highest BCUT2D eigenvalue weighted by atomic mass is 16.6. The van der Waals surface area contributed by atoms with Gasteiger partial charge in [-0.15, -0.1) is 0 Å². The number of non-ortho nitro benzene ring substituents is 1. The predicted molar refractivity (Wildman–Crippen MR) is 86.1 cm³/mol. The first-order valence-corrected chi connectivity index (χ1v) is 6.67. The molecule has 0 fully saturated rings. The first-order valence-electron chi connectivity index (χ1n) is 6.67. The number of nitro groups is 1. The Kier molecular flexibility index (Phi) is 4.95. The summed E-state index contributed by atoms with van der Waals surface area (Å²) in [4.78, 5) is 10.2. The van der Waals surface area contributed by atoms with E-state index in [1.165, 1.54) is 26.4 Å². The van der Waals surface area contributed by atoms with Crippen molar-refractivity contribution >= 4 is 17.3 Å². The molecular formula is C17H14N2O4. The van der Waals surface area contributed by atoms with Gasteiger partial charge in [0.1, 0.15) is 0 Å². The minimum Gasteiger partial charge on any atom is -0.493 e. The van der Waals surface area contributed by atoms with Crippen LogP contribution >= 0.6 is 0 Å². The van der Waals surface area contributed by atoms with Gasteiger partial charge in [-0.3, -0.25) is 10.1 Å². The number of nitriles is 1. The van der Waals surface area contributed by atoms with Crippen LogP contribution in [0.15, 0.2) is 42.5 Å². The van der Waals surface area contributed by atoms with Crippen LogP contribution in [0.1, 0.15) is 11.1 Å². The molecule has 0 atom stereocenters. The van der Waals surface area contributed by atoms with Gasteiger partial charge in [-0.05, 0) is 47.5 Å². The Morgan fingerprint density at radius 2 is 1.78 bits per heavy atom. The van der Waals surface area contributed by atoms with Crippen molar-refractivity contribution in [1.82, 2.24) is 0 Å². The smallest absolute Gasteiger partial charge is 0.269 e. The molecule has 0 aliphatic carbocycles. The topological polar surface area (TPSA) is 85.4 Å². The summed E-state index contributed by atoms with van der Waals surface area (Å²) in [6.45, 7) is 0. The molecule has 6 heteroatoms. The number of allylic oxidation sites excluding steroid dienone is 1. The molecule has 6 nitrogen and oxygen atoms in total. The van der Waals surface area contributed by atoms with E-state index in [9.17, 15) is 15.4 Å². The molecule has 0 aliphatic heterocycles. The standard InChI is InChI=1S/C17H14N2O4/c1-22-16-8-5-13(10-17(16)23-2)14(11-18)9-12-3-6-15(7-4-12)19(20)21/h3-10H,1-2H3. The van der Waals surface area contributed by atoms with Crippen LogP contribution in [0.5, 0.6) is 11.5 Å². The van der Waals surface area contributed by atoms with Gasteiger partial charge >= 0.3 is 0 Å². The van der Waals surface area contributed by atoms with E-state index in [-0.39, 0.29) is 5.69 Å². The summed E-state index contributed by atoms with van der Waals surface area (Å²) in [6, 6.07) is 13.3. The van der Waals surface area contributed by atoms with Gasteiger partial charge in [0, 0.05) is 12.1 Å². The number of rotatable bonds is 5. The van der Waals surface area contributed by atoms with Gasteiger partial charge in [-0.2, -0.15) is 5.26 Å². The van der Waals surface area contributed by atoms with Gasteiger partial charge in [-0.25, -0.2) is 0 Å². The molecule has 0 N–H and O–H groups in total. The van der Waals surface area contributed by atoms with E-state index in [1.54, 1.807) is 36.4 Å². The van der Waals surface area contributed by atoms with Crippen molar-refractivity contribution in [3.8, 4) is 17.6 Å². The van der Waals surface area contributed by atoms with Crippen LogP contribution in [0.3, 0.4) is 0 Å². The first-order chi connectivity index (χ1) is 11.1. The molecule has 0 amide bonds. The monoisotopic (exact) mass is 310 g/mol. The van der Waals surface area contributed by atoms with Gasteiger partial charge in [0.15, 0.2) is 11.5 Å². The van der Waals surface area contributed by atoms with E-state index in [0.29, 0.717) is 28.2 Å². The summed E-state index contributed by atoms with van der Waals surface area (Å²) in [5.41, 5.74) is 1.79. The molecule has 23 heavy (non-hydrogen) atoms. The van der Waals surface area contributed by atoms with Gasteiger partial charge in [0.2, 0.25) is 0 Å². The molecule has 0 bridgehead atoms. The second kappa shape index (κ2) is 7.09. The summed E-state index contributed by atoms with van der Waals surface area (Å²) >= 11 is 0. The fourth-order valence-electron chi connectivity index (χ4n) is 2.04.